The van der Waals surface area contributed by atoms with E-state index in [1.54, 1.807) is 0 Å². The molecule has 0 bridgehead atoms. The summed E-state index contributed by atoms with van der Waals surface area (Å²) in [6.45, 7) is 8.21. The zero-order chi connectivity index (χ0) is 10.8. The Morgan fingerprint density at radius 1 is 1.43 bits per heavy atom. The number of aromatic nitrogens is 3. The van der Waals surface area contributed by atoms with Gasteiger partial charge in [-0.2, -0.15) is 5.10 Å². The lowest BCUT2D eigenvalue weighted by Gasteiger charge is -2.16. The van der Waals surface area contributed by atoms with Gasteiger partial charge in [-0.15, -0.1) is 0 Å². The van der Waals surface area contributed by atoms with Crippen molar-refractivity contribution in [1.29, 1.82) is 0 Å². The van der Waals surface area contributed by atoms with Gasteiger partial charge < -0.3 is 5.73 Å². The SMILES string of the molecule is CC(C)c1n[nH]c(CCC(C)(C)N)n1. The van der Waals surface area contributed by atoms with E-state index in [1.807, 2.05) is 13.8 Å². The molecular formula is C10H20N4. The van der Waals surface area contributed by atoms with E-state index in [9.17, 15) is 0 Å². The van der Waals surface area contributed by atoms with E-state index in [4.69, 9.17) is 5.73 Å². The van der Waals surface area contributed by atoms with Crippen molar-refractivity contribution < 1.29 is 0 Å². The summed E-state index contributed by atoms with van der Waals surface area (Å²) in [6.07, 6.45) is 1.78. The highest BCUT2D eigenvalue weighted by Crippen LogP contribution is 2.11. The predicted molar refractivity (Wildman–Crippen MR) is 57.1 cm³/mol. The maximum absolute atomic E-state index is 5.89. The van der Waals surface area contributed by atoms with Gasteiger partial charge in [-0.25, -0.2) is 4.98 Å². The molecule has 0 aromatic carbocycles. The van der Waals surface area contributed by atoms with E-state index in [1.165, 1.54) is 0 Å². The second-order valence-corrected chi connectivity index (χ2v) is 4.78. The van der Waals surface area contributed by atoms with Crippen molar-refractivity contribution in [3.8, 4) is 0 Å². The highest BCUT2D eigenvalue weighted by atomic mass is 15.2. The Kier molecular flexibility index (Phi) is 3.26. The van der Waals surface area contributed by atoms with E-state index in [2.05, 4.69) is 29.0 Å². The molecule has 0 unspecified atom stereocenters. The van der Waals surface area contributed by atoms with Gasteiger partial charge in [0.05, 0.1) is 0 Å². The zero-order valence-corrected chi connectivity index (χ0v) is 9.46. The first-order valence-electron chi connectivity index (χ1n) is 5.08. The van der Waals surface area contributed by atoms with Crippen LogP contribution in [0.5, 0.6) is 0 Å². The van der Waals surface area contributed by atoms with Crippen molar-refractivity contribution in [3.63, 3.8) is 0 Å². The van der Waals surface area contributed by atoms with E-state index in [0.29, 0.717) is 5.92 Å². The van der Waals surface area contributed by atoms with Crippen molar-refractivity contribution >= 4 is 0 Å². The number of rotatable bonds is 4. The normalized spacial score (nSPS) is 12.4. The summed E-state index contributed by atoms with van der Waals surface area (Å²) < 4.78 is 0. The van der Waals surface area contributed by atoms with Crippen LogP contribution < -0.4 is 5.73 Å². The molecular weight excluding hydrogens is 176 g/mol. The van der Waals surface area contributed by atoms with Gasteiger partial charge in [0.15, 0.2) is 5.82 Å². The largest absolute Gasteiger partial charge is 0.326 e. The van der Waals surface area contributed by atoms with Crippen LogP contribution >= 0.6 is 0 Å². The van der Waals surface area contributed by atoms with Crippen LogP contribution in [0, 0.1) is 0 Å². The van der Waals surface area contributed by atoms with E-state index < -0.39 is 0 Å². The van der Waals surface area contributed by atoms with Gasteiger partial charge in [0.2, 0.25) is 0 Å². The third-order valence-corrected chi connectivity index (χ3v) is 2.07. The maximum Gasteiger partial charge on any atom is 0.153 e. The number of nitrogens with zero attached hydrogens (tertiary/aromatic N) is 2. The molecule has 0 amide bonds. The van der Waals surface area contributed by atoms with Gasteiger partial charge in [0.1, 0.15) is 5.82 Å². The highest BCUT2D eigenvalue weighted by molar-refractivity contribution is 4.95. The van der Waals surface area contributed by atoms with E-state index >= 15 is 0 Å². The quantitative estimate of drug-likeness (QED) is 0.768. The summed E-state index contributed by atoms with van der Waals surface area (Å²) in [5.74, 6) is 2.20. The van der Waals surface area contributed by atoms with Crippen molar-refractivity contribution in [1.82, 2.24) is 15.2 Å². The molecule has 4 nitrogen and oxygen atoms in total. The third kappa shape index (κ3) is 3.46. The monoisotopic (exact) mass is 196 g/mol. The molecule has 0 atom stereocenters. The summed E-state index contributed by atoms with van der Waals surface area (Å²) in [6, 6.07) is 0. The molecule has 14 heavy (non-hydrogen) atoms. The Hall–Kier alpha value is -0.900. The number of nitrogens with one attached hydrogen (secondary N) is 1. The summed E-state index contributed by atoms with van der Waals surface area (Å²) in [7, 11) is 0. The minimum atomic E-state index is -0.134. The molecule has 0 saturated heterocycles. The van der Waals surface area contributed by atoms with Crippen molar-refractivity contribution in [2.24, 2.45) is 5.73 Å². The number of hydrogen-bond donors (Lipinski definition) is 2. The van der Waals surface area contributed by atoms with Gasteiger partial charge in [-0.1, -0.05) is 13.8 Å². The molecule has 0 aliphatic rings. The number of aryl methyl sites for hydroxylation is 1. The Balaban J connectivity index is 2.52. The lowest BCUT2D eigenvalue weighted by atomic mass is 10.0. The topological polar surface area (TPSA) is 67.6 Å². The fourth-order valence-corrected chi connectivity index (χ4v) is 1.12. The molecule has 1 aromatic heterocycles. The highest BCUT2D eigenvalue weighted by Gasteiger charge is 2.13. The Morgan fingerprint density at radius 3 is 2.50 bits per heavy atom. The lowest BCUT2D eigenvalue weighted by molar-refractivity contribution is 0.471. The molecule has 0 radical (unpaired) electrons. The standard InChI is InChI=1S/C10H20N4/c1-7(2)9-12-8(13-14-9)5-6-10(3,4)11/h7H,5-6,11H2,1-4H3,(H,12,13,14). The van der Waals surface area contributed by atoms with Crippen LogP contribution in [0.4, 0.5) is 0 Å². The van der Waals surface area contributed by atoms with Crippen molar-refractivity contribution in [3.05, 3.63) is 11.6 Å². The van der Waals surface area contributed by atoms with Crippen LogP contribution in [-0.2, 0) is 6.42 Å². The molecule has 0 aliphatic heterocycles. The van der Waals surface area contributed by atoms with Crippen LogP contribution in [0.1, 0.15) is 51.7 Å². The first-order chi connectivity index (χ1) is 6.38. The fourth-order valence-electron chi connectivity index (χ4n) is 1.12. The maximum atomic E-state index is 5.89. The summed E-state index contributed by atoms with van der Waals surface area (Å²) in [5.41, 5.74) is 5.75. The number of H-pyrrole nitrogens is 1. The Labute approximate surface area is 85.3 Å². The molecule has 0 saturated carbocycles. The van der Waals surface area contributed by atoms with Crippen molar-refractivity contribution in [2.75, 3.05) is 0 Å². The molecule has 4 heteroatoms. The first kappa shape index (κ1) is 11.2. The molecule has 1 heterocycles. The molecule has 0 aliphatic carbocycles. The van der Waals surface area contributed by atoms with Gasteiger partial charge in [0, 0.05) is 17.9 Å². The molecule has 0 fully saturated rings. The zero-order valence-electron chi connectivity index (χ0n) is 9.46. The molecule has 1 rings (SSSR count). The van der Waals surface area contributed by atoms with Crippen LogP contribution in [0.15, 0.2) is 0 Å². The van der Waals surface area contributed by atoms with Crippen LogP contribution in [0.25, 0.3) is 0 Å². The number of hydrogen-bond acceptors (Lipinski definition) is 3. The van der Waals surface area contributed by atoms with Gasteiger partial charge in [-0.05, 0) is 20.3 Å². The second kappa shape index (κ2) is 4.09. The van der Waals surface area contributed by atoms with E-state index in [0.717, 1.165) is 24.5 Å². The number of aromatic amines is 1. The molecule has 0 spiro atoms. The van der Waals surface area contributed by atoms with Crippen LogP contribution in [0.2, 0.25) is 0 Å². The minimum Gasteiger partial charge on any atom is -0.326 e. The Morgan fingerprint density at radius 2 is 2.07 bits per heavy atom. The lowest BCUT2D eigenvalue weighted by Crippen LogP contribution is -2.32. The summed E-state index contributed by atoms with van der Waals surface area (Å²) in [4.78, 5) is 4.39. The first-order valence-corrected chi connectivity index (χ1v) is 5.08. The average molecular weight is 196 g/mol. The summed E-state index contributed by atoms with van der Waals surface area (Å²) >= 11 is 0. The van der Waals surface area contributed by atoms with Crippen LogP contribution in [0.3, 0.4) is 0 Å². The van der Waals surface area contributed by atoms with Crippen molar-refractivity contribution in [2.45, 2.75) is 52.0 Å². The van der Waals surface area contributed by atoms with Crippen LogP contribution in [-0.4, -0.2) is 20.7 Å². The Bertz CT molecular complexity index is 283. The smallest absolute Gasteiger partial charge is 0.153 e. The van der Waals surface area contributed by atoms with E-state index in [-0.39, 0.29) is 5.54 Å². The van der Waals surface area contributed by atoms with Gasteiger partial charge >= 0.3 is 0 Å². The molecule has 80 valence electrons. The second-order valence-electron chi connectivity index (χ2n) is 4.78. The number of nitrogens with two attached hydrogens (primary N) is 1. The summed E-state index contributed by atoms with van der Waals surface area (Å²) in [5, 5.41) is 7.08. The third-order valence-electron chi connectivity index (χ3n) is 2.07. The fraction of sp³-hybridized carbons (Fsp3) is 0.800. The predicted octanol–water partition coefficient (Wildman–Crippen LogP) is 1.60. The average Bonchev–Trinajstić information content (AvgIpc) is 2.47. The van der Waals surface area contributed by atoms with Gasteiger partial charge in [-0.3, -0.25) is 5.10 Å². The minimum absolute atomic E-state index is 0.134. The molecule has 3 N–H and O–H groups in total. The van der Waals surface area contributed by atoms with Gasteiger partial charge in [0.25, 0.3) is 0 Å². The molecule has 1 aromatic rings.